The highest BCUT2D eigenvalue weighted by Crippen LogP contribution is 2.21. The molecule has 0 spiro atoms. The monoisotopic (exact) mass is 798 g/mol. The number of aliphatic carboxylic acids is 2. The van der Waals surface area contributed by atoms with Crippen LogP contribution in [0.25, 0.3) is 0 Å². The molecule has 1 heterocycles. The maximum atomic E-state index is 13.8. The Hall–Kier alpha value is -6.07. The van der Waals surface area contributed by atoms with E-state index in [1.54, 1.807) is 13.8 Å². The van der Waals surface area contributed by atoms with E-state index in [1.165, 1.54) is 4.90 Å². The molecule has 0 aliphatic carbocycles. The van der Waals surface area contributed by atoms with Gasteiger partial charge >= 0.3 is 11.9 Å². The Morgan fingerprint density at radius 1 is 0.804 bits per heavy atom. The standard InChI is InChI=1S/C32H54N12O12/c1-3-16(2)26(30(54)44-11-5-7-20(44)29(53)39-14-23(47)41-18(31(55)56)8-9-21(34)45)43-24(48)15-38-27(51)19(12-25(49)50)42-28(52)17(40-22(46)13-33)6-4-10-37-32(35)36/h16-20,26H,3-15,33H2,1-2H3,(H2,34,45)(H,38,51)(H,39,53)(H,40,46)(H,41,47)(H,42,52)(H,43,48)(H,49,50)(H,55,56)(H4,35,36,37). The highest BCUT2D eigenvalue weighted by molar-refractivity contribution is 5.97. The number of nitrogens with one attached hydrogen (secondary N) is 6. The van der Waals surface area contributed by atoms with Gasteiger partial charge in [0.1, 0.15) is 30.2 Å². The van der Waals surface area contributed by atoms with Crippen LogP contribution in [0.15, 0.2) is 4.99 Å². The predicted molar refractivity (Wildman–Crippen MR) is 195 cm³/mol. The molecule has 314 valence electrons. The molecule has 0 aromatic rings. The van der Waals surface area contributed by atoms with Gasteiger partial charge in [0.05, 0.1) is 26.1 Å². The van der Waals surface area contributed by atoms with Crippen molar-refractivity contribution in [2.45, 2.75) is 95.4 Å². The van der Waals surface area contributed by atoms with Gasteiger partial charge in [0.25, 0.3) is 0 Å². The zero-order chi connectivity index (χ0) is 42.5. The van der Waals surface area contributed by atoms with Crippen LogP contribution >= 0.6 is 0 Å². The maximum absolute atomic E-state index is 13.8. The molecular weight excluding hydrogens is 744 g/mol. The molecule has 0 aromatic heterocycles. The van der Waals surface area contributed by atoms with Gasteiger partial charge in [0.15, 0.2) is 5.96 Å². The quantitative estimate of drug-likeness (QED) is 0.0232. The van der Waals surface area contributed by atoms with Crippen molar-refractivity contribution in [2.24, 2.45) is 33.8 Å². The van der Waals surface area contributed by atoms with Gasteiger partial charge in [-0.2, -0.15) is 0 Å². The number of hydrogen-bond acceptors (Lipinski definition) is 12. The second-order valence-corrected chi connectivity index (χ2v) is 13.0. The van der Waals surface area contributed by atoms with Crippen molar-refractivity contribution >= 4 is 65.2 Å². The molecule has 16 N–H and O–H groups in total. The van der Waals surface area contributed by atoms with E-state index >= 15 is 0 Å². The largest absolute Gasteiger partial charge is 0.481 e. The Balaban J connectivity index is 2.95. The van der Waals surface area contributed by atoms with Crippen LogP contribution < -0.4 is 54.8 Å². The first-order valence-corrected chi connectivity index (χ1v) is 17.8. The molecule has 1 aliphatic heterocycles. The minimum absolute atomic E-state index is 0.00897. The summed E-state index contributed by atoms with van der Waals surface area (Å²) in [6, 6.07) is -6.57. The molecule has 56 heavy (non-hydrogen) atoms. The van der Waals surface area contributed by atoms with E-state index in [0.29, 0.717) is 12.8 Å². The molecule has 24 heteroatoms. The summed E-state index contributed by atoms with van der Waals surface area (Å²) in [5.74, 6) is -10.0. The second-order valence-electron chi connectivity index (χ2n) is 13.0. The van der Waals surface area contributed by atoms with E-state index in [-0.39, 0.29) is 51.2 Å². The third kappa shape index (κ3) is 17.4. The van der Waals surface area contributed by atoms with Crippen molar-refractivity contribution in [3.05, 3.63) is 0 Å². The number of primary amides is 1. The number of aliphatic imine (C=N–C) groups is 1. The van der Waals surface area contributed by atoms with Crippen LogP contribution in [-0.4, -0.2) is 143 Å². The summed E-state index contributed by atoms with van der Waals surface area (Å²) < 4.78 is 0. The van der Waals surface area contributed by atoms with Gasteiger partial charge in [-0.15, -0.1) is 0 Å². The minimum atomic E-state index is -1.69. The summed E-state index contributed by atoms with van der Waals surface area (Å²) in [5, 5.41) is 32.7. The lowest BCUT2D eigenvalue weighted by atomic mass is 9.97. The molecule has 0 radical (unpaired) electrons. The smallest absolute Gasteiger partial charge is 0.326 e. The van der Waals surface area contributed by atoms with E-state index in [1.807, 2.05) is 0 Å². The summed E-state index contributed by atoms with van der Waals surface area (Å²) >= 11 is 0. The number of carboxylic acids is 2. The summed E-state index contributed by atoms with van der Waals surface area (Å²) in [7, 11) is 0. The molecule has 1 aliphatic rings. The number of amides is 8. The van der Waals surface area contributed by atoms with Crippen molar-refractivity contribution < 1.29 is 58.2 Å². The molecule has 6 unspecified atom stereocenters. The molecule has 1 fully saturated rings. The van der Waals surface area contributed by atoms with E-state index in [4.69, 9.17) is 22.9 Å². The Bertz CT molecular complexity index is 1490. The Labute approximate surface area is 322 Å². The van der Waals surface area contributed by atoms with E-state index in [2.05, 4.69) is 36.9 Å². The molecule has 8 amide bonds. The molecule has 1 rings (SSSR count). The zero-order valence-electron chi connectivity index (χ0n) is 31.3. The number of hydrogen-bond donors (Lipinski definition) is 12. The molecular formula is C32H54N12O12. The van der Waals surface area contributed by atoms with Crippen molar-refractivity contribution in [3.8, 4) is 0 Å². The summed E-state index contributed by atoms with van der Waals surface area (Å²) in [5.41, 5.74) is 21.0. The average Bonchev–Trinajstić information content (AvgIpc) is 3.63. The Morgan fingerprint density at radius 2 is 1.43 bits per heavy atom. The third-order valence-corrected chi connectivity index (χ3v) is 8.59. The fourth-order valence-corrected chi connectivity index (χ4v) is 5.44. The van der Waals surface area contributed by atoms with Crippen molar-refractivity contribution in [1.82, 2.24) is 36.8 Å². The molecule has 24 nitrogen and oxygen atoms in total. The van der Waals surface area contributed by atoms with Gasteiger partial charge in [-0.05, 0) is 38.0 Å². The number of guanidine groups is 1. The lowest BCUT2D eigenvalue weighted by Gasteiger charge is -2.31. The second kappa shape index (κ2) is 24.4. The van der Waals surface area contributed by atoms with Crippen LogP contribution in [0.1, 0.15) is 65.2 Å². The van der Waals surface area contributed by atoms with Crippen molar-refractivity contribution in [1.29, 1.82) is 0 Å². The SMILES string of the molecule is CCC(C)C(NC(=O)CNC(=O)C(CC(=O)O)NC(=O)C(CCCN=C(N)N)NC(=O)CN)C(=O)N1CCCC1C(=O)NCC(=O)NC(CCC(N)=O)C(=O)O. The number of likely N-dealkylation sites (tertiary alicyclic amines) is 1. The van der Waals surface area contributed by atoms with Crippen LogP contribution in [0.3, 0.4) is 0 Å². The van der Waals surface area contributed by atoms with Gasteiger partial charge in [-0.25, -0.2) is 4.79 Å². The first-order chi connectivity index (χ1) is 26.3. The predicted octanol–water partition coefficient (Wildman–Crippen LogP) is -5.97. The highest BCUT2D eigenvalue weighted by atomic mass is 16.4. The van der Waals surface area contributed by atoms with Gasteiger partial charge in [-0.1, -0.05) is 20.3 Å². The summed E-state index contributed by atoms with van der Waals surface area (Å²) in [4.78, 5) is 129. The number of nitrogens with zero attached hydrogens (tertiary/aromatic N) is 2. The Kier molecular flexibility index (Phi) is 20.9. The maximum Gasteiger partial charge on any atom is 0.326 e. The highest BCUT2D eigenvalue weighted by Gasteiger charge is 2.39. The first kappa shape index (κ1) is 48.0. The molecule has 0 aromatic carbocycles. The molecule has 0 saturated carbocycles. The molecule has 0 bridgehead atoms. The van der Waals surface area contributed by atoms with Gasteiger partial charge in [0.2, 0.25) is 47.3 Å². The number of rotatable bonds is 25. The summed E-state index contributed by atoms with van der Waals surface area (Å²) in [6.45, 7) is 1.82. The number of carbonyl (C=O) groups is 10. The summed E-state index contributed by atoms with van der Waals surface area (Å²) in [6.07, 6.45) is -0.227. The van der Waals surface area contributed by atoms with Crippen LogP contribution in [0.4, 0.5) is 0 Å². The van der Waals surface area contributed by atoms with E-state index in [9.17, 15) is 58.2 Å². The lowest BCUT2D eigenvalue weighted by Crippen LogP contribution is -2.58. The van der Waals surface area contributed by atoms with Gasteiger partial charge < -0.3 is 69.9 Å². The first-order valence-electron chi connectivity index (χ1n) is 17.8. The van der Waals surface area contributed by atoms with E-state index in [0.717, 1.165) is 0 Å². The van der Waals surface area contributed by atoms with Gasteiger partial charge in [0, 0.05) is 19.5 Å². The van der Waals surface area contributed by atoms with Crippen molar-refractivity contribution in [2.75, 3.05) is 32.7 Å². The number of carboxylic acid groups (broad SMARTS) is 2. The zero-order valence-corrected chi connectivity index (χ0v) is 31.3. The molecule has 6 atom stereocenters. The van der Waals surface area contributed by atoms with Crippen LogP contribution in [-0.2, 0) is 47.9 Å². The molecule has 1 saturated heterocycles. The number of nitrogens with two attached hydrogens (primary N) is 4. The minimum Gasteiger partial charge on any atom is -0.481 e. The average molecular weight is 799 g/mol. The topological polar surface area (TPSA) is 403 Å². The Morgan fingerprint density at radius 3 is 2.00 bits per heavy atom. The van der Waals surface area contributed by atoms with E-state index < -0.39 is 121 Å². The fraction of sp³-hybridized carbons (Fsp3) is 0.656. The van der Waals surface area contributed by atoms with Gasteiger partial charge in [-0.3, -0.25) is 48.1 Å². The lowest BCUT2D eigenvalue weighted by molar-refractivity contribution is -0.143. The van der Waals surface area contributed by atoms with Crippen LogP contribution in [0.2, 0.25) is 0 Å². The van der Waals surface area contributed by atoms with Crippen molar-refractivity contribution in [3.63, 3.8) is 0 Å². The third-order valence-electron chi connectivity index (χ3n) is 8.59. The number of carbonyl (C=O) groups excluding carboxylic acids is 8. The fourth-order valence-electron chi connectivity index (χ4n) is 5.44. The van der Waals surface area contributed by atoms with Crippen LogP contribution in [0.5, 0.6) is 0 Å². The van der Waals surface area contributed by atoms with Crippen LogP contribution in [0, 0.1) is 5.92 Å². The normalized spacial score (nSPS) is 16.1.